The number of hydrogen-bond acceptors (Lipinski definition) is 7. The van der Waals surface area contributed by atoms with Crippen LogP contribution in [0.3, 0.4) is 0 Å². The Morgan fingerprint density at radius 1 is 1.33 bits per heavy atom. The molecule has 0 spiro atoms. The lowest BCUT2D eigenvalue weighted by Crippen LogP contribution is -2.41. The number of hydrogen-bond donors (Lipinski definition) is 0. The van der Waals surface area contributed by atoms with Crippen LogP contribution < -0.4 is 0 Å². The van der Waals surface area contributed by atoms with Gasteiger partial charge in [-0.1, -0.05) is 0 Å². The van der Waals surface area contributed by atoms with Crippen LogP contribution in [-0.4, -0.2) is 41.8 Å². The van der Waals surface area contributed by atoms with E-state index in [9.17, 15) is 13.2 Å². The Morgan fingerprint density at radius 2 is 2.22 bits per heavy atom. The second-order valence-corrected chi connectivity index (χ2v) is 10.4. The summed E-state index contributed by atoms with van der Waals surface area (Å²) >= 11 is 3.11. The van der Waals surface area contributed by atoms with E-state index in [0.717, 1.165) is 10.6 Å². The molecule has 0 saturated carbocycles. The minimum absolute atomic E-state index is 0.0106. The van der Waals surface area contributed by atoms with Crippen molar-refractivity contribution in [3.05, 3.63) is 52.1 Å². The first-order valence-electron chi connectivity index (χ1n) is 8.49. The number of carbonyl (C=O) groups is 1. The second-order valence-electron chi connectivity index (χ2n) is 6.49. The number of furan rings is 1. The summed E-state index contributed by atoms with van der Waals surface area (Å²) in [5.74, 6) is 0.649. The van der Waals surface area contributed by atoms with Gasteiger partial charge in [-0.15, -0.1) is 11.3 Å². The third-order valence-corrected chi connectivity index (χ3v) is 7.90. The van der Waals surface area contributed by atoms with Crippen LogP contribution in [0.25, 0.3) is 10.6 Å². The van der Waals surface area contributed by atoms with E-state index < -0.39 is 9.84 Å². The highest BCUT2D eigenvalue weighted by atomic mass is 32.2. The van der Waals surface area contributed by atoms with E-state index in [4.69, 9.17) is 4.42 Å². The Morgan fingerprint density at radius 3 is 2.89 bits per heavy atom. The lowest BCUT2D eigenvalue weighted by atomic mass is 10.2. The molecule has 1 aliphatic heterocycles. The summed E-state index contributed by atoms with van der Waals surface area (Å²) in [4.78, 5) is 19.2. The van der Waals surface area contributed by atoms with Gasteiger partial charge in [0.25, 0.3) is 0 Å². The molecule has 3 aromatic heterocycles. The maximum absolute atomic E-state index is 13.0. The van der Waals surface area contributed by atoms with Crippen molar-refractivity contribution in [3.8, 4) is 10.6 Å². The zero-order valence-electron chi connectivity index (χ0n) is 14.4. The number of sulfone groups is 1. The van der Waals surface area contributed by atoms with Crippen molar-refractivity contribution in [2.45, 2.75) is 25.4 Å². The van der Waals surface area contributed by atoms with Crippen molar-refractivity contribution in [1.82, 2.24) is 9.88 Å². The highest BCUT2D eigenvalue weighted by molar-refractivity contribution is 7.91. The molecule has 1 fully saturated rings. The van der Waals surface area contributed by atoms with E-state index >= 15 is 0 Å². The molecule has 1 amide bonds. The van der Waals surface area contributed by atoms with E-state index in [0.29, 0.717) is 17.9 Å². The first-order chi connectivity index (χ1) is 13.0. The van der Waals surface area contributed by atoms with Crippen molar-refractivity contribution < 1.29 is 17.6 Å². The van der Waals surface area contributed by atoms with Crippen molar-refractivity contribution in [2.75, 3.05) is 11.5 Å². The summed E-state index contributed by atoms with van der Waals surface area (Å²) in [6.45, 7) is 0.271. The molecule has 0 aromatic carbocycles. The molecule has 1 saturated heterocycles. The molecule has 0 radical (unpaired) electrons. The first-order valence-corrected chi connectivity index (χ1v) is 12.1. The zero-order chi connectivity index (χ0) is 18.9. The Labute approximate surface area is 165 Å². The van der Waals surface area contributed by atoms with E-state index in [1.54, 1.807) is 34.6 Å². The molecule has 142 valence electrons. The molecule has 1 atom stereocenters. The maximum Gasteiger partial charge on any atom is 0.229 e. The van der Waals surface area contributed by atoms with Gasteiger partial charge < -0.3 is 9.32 Å². The van der Waals surface area contributed by atoms with Crippen molar-refractivity contribution in [2.24, 2.45) is 0 Å². The smallest absolute Gasteiger partial charge is 0.229 e. The molecule has 4 heterocycles. The normalized spacial score (nSPS) is 18.6. The monoisotopic (exact) mass is 422 g/mol. The van der Waals surface area contributed by atoms with Gasteiger partial charge in [-0.05, 0) is 30.0 Å². The highest BCUT2D eigenvalue weighted by Gasteiger charge is 2.35. The summed E-state index contributed by atoms with van der Waals surface area (Å²) in [6, 6.07) is 5.24. The average molecular weight is 423 g/mol. The topological polar surface area (TPSA) is 80.5 Å². The molecule has 27 heavy (non-hydrogen) atoms. The largest absolute Gasteiger partial charge is 0.467 e. The number of thiazole rings is 1. The van der Waals surface area contributed by atoms with E-state index in [1.807, 2.05) is 22.2 Å². The van der Waals surface area contributed by atoms with Gasteiger partial charge in [0.05, 0.1) is 36.4 Å². The van der Waals surface area contributed by atoms with Crippen LogP contribution in [0.15, 0.2) is 45.0 Å². The number of nitrogens with zero attached hydrogens (tertiary/aromatic N) is 2. The van der Waals surface area contributed by atoms with Crippen molar-refractivity contribution in [1.29, 1.82) is 0 Å². The Balaban J connectivity index is 1.51. The van der Waals surface area contributed by atoms with Crippen LogP contribution in [0.4, 0.5) is 0 Å². The molecule has 0 N–H and O–H groups in total. The van der Waals surface area contributed by atoms with Crippen LogP contribution in [0.2, 0.25) is 0 Å². The Bertz CT molecular complexity index is 1010. The van der Waals surface area contributed by atoms with Gasteiger partial charge >= 0.3 is 0 Å². The molecular formula is C18H18N2O4S3. The minimum Gasteiger partial charge on any atom is -0.467 e. The quantitative estimate of drug-likeness (QED) is 0.609. The van der Waals surface area contributed by atoms with Gasteiger partial charge in [-0.2, -0.15) is 11.3 Å². The van der Waals surface area contributed by atoms with Gasteiger partial charge in [0.2, 0.25) is 5.91 Å². The summed E-state index contributed by atoms with van der Waals surface area (Å²) in [5, 5.41) is 6.80. The van der Waals surface area contributed by atoms with Gasteiger partial charge in [0.1, 0.15) is 10.8 Å². The Kier molecular flexibility index (Phi) is 5.16. The summed E-state index contributed by atoms with van der Waals surface area (Å²) in [6.07, 6.45) is 2.17. The van der Waals surface area contributed by atoms with Gasteiger partial charge in [-0.3, -0.25) is 4.79 Å². The van der Waals surface area contributed by atoms with Crippen LogP contribution in [0.1, 0.15) is 17.9 Å². The second kappa shape index (κ2) is 7.57. The number of aromatic nitrogens is 1. The predicted molar refractivity (Wildman–Crippen MR) is 105 cm³/mol. The maximum atomic E-state index is 13.0. The van der Waals surface area contributed by atoms with Crippen LogP contribution in [-0.2, 0) is 27.6 Å². The van der Waals surface area contributed by atoms with Crippen LogP contribution in [0.5, 0.6) is 0 Å². The zero-order valence-corrected chi connectivity index (χ0v) is 16.9. The number of carbonyl (C=O) groups excluding carboxylic acids is 1. The van der Waals surface area contributed by atoms with E-state index in [-0.39, 0.29) is 36.4 Å². The van der Waals surface area contributed by atoms with Crippen molar-refractivity contribution >= 4 is 38.4 Å². The van der Waals surface area contributed by atoms with Crippen LogP contribution in [0, 0.1) is 0 Å². The van der Waals surface area contributed by atoms with Gasteiger partial charge in [-0.25, -0.2) is 13.4 Å². The molecule has 1 aliphatic rings. The molecule has 0 bridgehead atoms. The SMILES string of the molecule is O=C(Cc1csc(-c2ccsc2)n1)N(Cc1ccco1)C1CCS(=O)(=O)C1. The molecule has 3 aromatic rings. The summed E-state index contributed by atoms with van der Waals surface area (Å²) in [5.41, 5.74) is 1.76. The highest BCUT2D eigenvalue weighted by Crippen LogP contribution is 2.27. The lowest BCUT2D eigenvalue weighted by Gasteiger charge is -2.27. The lowest BCUT2D eigenvalue weighted by molar-refractivity contribution is -0.133. The molecule has 1 unspecified atom stereocenters. The van der Waals surface area contributed by atoms with Crippen LogP contribution >= 0.6 is 22.7 Å². The molecule has 6 nitrogen and oxygen atoms in total. The number of rotatable bonds is 6. The fourth-order valence-electron chi connectivity index (χ4n) is 3.18. The summed E-state index contributed by atoms with van der Waals surface area (Å²) in [7, 11) is -3.09. The summed E-state index contributed by atoms with van der Waals surface area (Å²) < 4.78 is 29.2. The van der Waals surface area contributed by atoms with Gasteiger partial charge in [0, 0.05) is 22.4 Å². The third-order valence-electron chi connectivity index (χ3n) is 4.53. The molecular weight excluding hydrogens is 404 g/mol. The molecule has 9 heteroatoms. The molecule has 4 rings (SSSR count). The van der Waals surface area contributed by atoms with Crippen molar-refractivity contribution in [3.63, 3.8) is 0 Å². The van der Waals surface area contributed by atoms with Gasteiger partial charge in [0.15, 0.2) is 9.84 Å². The average Bonchev–Trinajstić information content (AvgIpc) is 3.40. The first kappa shape index (κ1) is 18.4. The minimum atomic E-state index is -3.09. The number of amides is 1. The van der Waals surface area contributed by atoms with E-state index in [1.165, 1.54) is 11.3 Å². The fourth-order valence-corrected chi connectivity index (χ4v) is 6.44. The fraction of sp³-hybridized carbons (Fsp3) is 0.333. The predicted octanol–water partition coefficient (Wildman–Crippen LogP) is 3.22. The standard InChI is InChI=1S/C18H18N2O4S3/c21-17(8-14-11-26-18(19-14)13-3-6-25-10-13)20(9-16-2-1-5-24-16)15-4-7-27(22,23)12-15/h1-3,5-6,10-11,15H,4,7-9,12H2. The Hall–Kier alpha value is -1.97. The molecule has 0 aliphatic carbocycles. The third kappa shape index (κ3) is 4.31. The van der Waals surface area contributed by atoms with E-state index in [2.05, 4.69) is 4.98 Å². The number of thiophene rings is 1.